The summed E-state index contributed by atoms with van der Waals surface area (Å²) in [7, 11) is 0. The van der Waals surface area contributed by atoms with E-state index in [9.17, 15) is 9.90 Å². The summed E-state index contributed by atoms with van der Waals surface area (Å²) in [6.45, 7) is 6.55. The third-order valence-electron chi connectivity index (χ3n) is 3.84. The minimum atomic E-state index is -0.333. The highest BCUT2D eigenvalue weighted by molar-refractivity contribution is 6.37. The molecule has 0 heterocycles. The van der Waals surface area contributed by atoms with Crippen LogP contribution in [-0.4, -0.2) is 41.0 Å². The van der Waals surface area contributed by atoms with Crippen molar-refractivity contribution in [1.29, 1.82) is 0 Å². The van der Waals surface area contributed by atoms with Crippen LogP contribution in [0.5, 0.6) is 0 Å². The van der Waals surface area contributed by atoms with Gasteiger partial charge < -0.3 is 5.11 Å². The first-order valence-electron chi connectivity index (χ1n) is 7.32. The third kappa shape index (κ3) is 4.68. The SMILES string of the molecule is CCC(CC)N(CCO)C(C)C(=O)c1ccc(Cl)cc1Cl. The van der Waals surface area contributed by atoms with E-state index in [1.54, 1.807) is 18.2 Å². The van der Waals surface area contributed by atoms with Gasteiger partial charge in [-0.2, -0.15) is 0 Å². The van der Waals surface area contributed by atoms with Crippen LogP contribution in [-0.2, 0) is 0 Å². The molecule has 1 unspecified atom stereocenters. The molecule has 0 aliphatic heterocycles. The Balaban J connectivity index is 3.01. The second-order valence-corrected chi connectivity index (χ2v) is 5.94. The quantitative estimate of drug-likeness (QED) is 0.730. The molecule has 0 amide bonds. The smallest absolute Gasteiger partial charge is 0.181 e. The molecule has 0 aromatic heterocycles. The van der Waals surface area contributed by atoms with Crippen molar-refractivity contribution in [2.24, 2.45) is 0 Å². The van der Waals surface area contributed by atoms with Gasteiger partial charge in [0.2, 0.25) is 0 Å². The Bertz CT molecular complexity index is 475. The van der Waals surface area contributed by atoms with Crippen molar-refractivity contribution >= 4 is 29.0 Å². The summed E-state index contributed by atoms with van der Waals surface area (Å²) >= 11 is 12.0. The zero-order chi connectivity index (χ0) is 16.0. The molecule has 0 radical (unpaired) electrons. The van der Waals surface area contributed by atoms with Gasteiger partial charge in [-0.1, -0.05) is 37.0 Å². The van der Waals surface area contributed by atoms with Crippen LogP contribution in [0.2, 0.25) is 10.0 Å². The second-order valence-electron chi connectivity index (χ2n) is 5.10. The maximum absolute atomic E-state index is 12.7. The van der Waals surface area contributed by atoms with Gasteiger partial charge >= 0.3 is 0 Å². The van der Waals surface area contributed by atoms with Gasteiger partial charge in [0, 0.05) is 23.2 Å². The molecule has 3 nitrogen and oxygen atoms in total. The average molecular weight is 332 g/mol. The summed E-state index contributed by atoms with van der Waals surface area (Å²) in [6, 6.07) is 4.84. The van der Waals surface area contributed by atoms with Crippen molar-refractivity contribution in [3.63, 3.8) is 0 Å². The number of ketones is 1. The Morgan fingerprint density at radius 2 is 1.90 bits per heavy atom. The molecule has 0 bridgehead atoms. The Kier molecular flexibility index (Phi) is 7.67. The minimum Gasteiger partial charge on any atom is -0.395 e. The van der Waals surface area contributed by atoms with Gasteiger partial charge in [-0.05, 0) is 38.0 Å². The Morgan fingerprint density at radius 3 is 2.38 bits per heavy atom. The molecule has 118 valence electrons. The van der Waals surface area contributed by atoms with Gasteiger partial charge in [-0.3, -0.25) is 9.69 Å². The minimum absolute atomic E-state index is 0.0302. The van der Waals surface area contributed by atoms with Crippen LogP contribution in [0.15, 0.2) is 18.2 Å². The molecule has 0 aliphatic carbocycles. The molecule has 1 atom stereocenters. The van der Waals surface area contributed by atoms with Crippen LogP contribution in [0, 0.1) is 0 Å². The predicted octanol–water partition coefficient (Wildman–Crippen LogP) is 4.05. The molecule has 0 aliphatic rings. The highest BCUT2D eigenvalue weighted by Crippen LogP contribution is 2.24. The normalized spacial score (nSPS) is 13.0. The standard InChI is InChI=1S/C16H23Cl2NO2/c1-4-13(5-2)19(8-9-20)11(3)16(21)14-7-6-12(17)10-15(14)18/h6-7,10-11,13,20H,4-5,8-9H2,1-3H3. The lowest BCUT2D eigenvalue weighted by atomic mass is 10.0. The van der Waals surface area contributed by atoms with Crippen molar-refractivity contribution in [2.75, 3.05) is 13.2 Å². The number of carbonyl (C=O) groups excluding carboxylic acids is 1. The van der Waals surface area contributed by atoms with Crippen molar-refractivity contribution in [2.45, 2.75) is 45.7 Å². The molecule has 1 N–H and O–H groups in total. The van der Waals surface area contributed by atoms with Crippen molar-refractivity contribution in [3.8, 4) is 0 Å². The fourth-order valence-electron chi connectivity index (χ4n) is 2.63. The van der Waals surface area contributed by atoms with Crippen molar-refractivity contribution < 1.29 is 9.90 Å². The summed E-state index contributed by atoms with van der Waals surface area (Å²) < 4.78 is 0. The fourth-order valence-corrected chi connectivity index (χ4v) is 3.13. The van der Waals surface area contributed by atoms with Crippen molar-refractivity contribution in [1.82, 2.24) is 4.90 Å². The first-order chi connectivity index (χ1) is 9.96. The number of hydrogen-bond acceptors (Lipinski definition) is 3. The Labute approximate surface area is 136 Å². The second kappa shape index (κ2) is 8.74. The van der Waals surface area contributed by atoms with E-state index in [1.807, 2.05) is 11.8 Å². The predicted molar refractivity (Wildman–Crippen MR) is 88.4 cm³/mol. The number of aliphatic hydroxyl groups excluding tert-OH is 1. The van der Waals surface area contributed by atoms with Gasteiger partial charge in [-0.25, -0.2) is 0 Å². The van der Waals surface area contributed by atoms with Crippen LogP contribution < -0.4 is 0 Å². The lowest BCUT2D eigenvalue weighted by Gasteiger charge is -2.34. The van der Waals surface area contributed by atoms with Gasteiger partial charge in [0.25, 0.3) is 0 Å². The first kappa shape index (κ1) is 18.4. The highest BCUT2D eigenvalue weighted by Gasteiger charge is 2.27. The average Bonchev–Trinajstić information content (AvgIpc) is 2.46. The first-order valence-corrected chi connectivity index (χ1v) is 8.07. The monoisotopic (exact) mass is 331 g/mol. The maximum Gasteiger partial charge on any atom is 0.181 e. The van der Waals surface area contributed by atoms with Gasteiger partial charge in [0.1, 0.15) is 0 Å². The number of Topliss-reactive ketones (excluding diaryl/α,β-unsaturated/α-hetero) is 1. The Hall–Kier alpha value is -0.610. The summed E-state index contributed by atoms with van der Waals surface area (Å²) in [5.41, 5.74) is 0.475. The molecule has 0 saturated carbocycles. The van der Waals surface area contributed by atoms with Gasteiger partial charge in [-0.15, -0.1) is 0 Å². The number of hydrogen-bond donors (Lipinski definition) is 1. The molecule has 1 aromatic rings. The van der Waals surface area contributed by atoms with Crippen LogP contribution in [0.4, 0.5) is 0 Å². The number of aliphatic hydroxyl groups is 1. The van der Waals surface area contributed by atoms with Crippen LogP contribution >= 0.6 is 23.2 Å². The van der Waals surface area contributed by atoms with E-state index >= 15 is 0 Å². The molecule has 5 heteroatoms. The molecule has 0 fully saturated rings. The van der Waals surface area contributed by atoms with Crippen molar-refractivity contribution in [3.05, 3.63) is 33.8 Å². The lowest BCUT2D eigenvalue weighted by molar-refractivity contribution is 0.0686. The van der Waals surface area contributed by atoms with Crippen LogP contribution in [0.3, 0.4) is 0 Å². The van der Waals surface area contributed by atoms with Crippen LogP contribution in [0.25, 0.3) is 0 Å². The molecule has 1 rings (SSSR count). The third-order valence-corrected chi connectivity index (χ3v) is 4.39. The largest absolute Gasteiger partial charge is 0.395 e. The van der Waals surface area contributed by atoms with E-state index in [0.717, 1.165) is 12.8 Å². The topological polar surface area (TPSA) is 40.5 Å². The zero-order valence-corrected chi connectivity index (χ0v) is 14.3. The van der Waals surface area contributed by atoms with E-state index in [1.165, 1.54) is 0 Å². The van der Waals surface area contributed by atoms with E-state index in [-0.39, 0.29) is 24.5 Å². The van der Waals surface area contributed by atoms with Gasteiger partial charge in [0.05, 0.1) is 17.7 Å². The van der Waals surface area contributed by atoms with Crippen LogP contribution in [0.1, 0.15) is 44.0 Å². The number of benzene rings is 1. The summed E-state index contributed by atoms with van der Waals surface area (Å²) in [6.07, 6.45) is 1.87. The number of rotatable bonds is 8. The molecule has 1 aromatic carbocycles. The molecule has 0 saturated heterocycles. The summed E-state index contributed by atoms with van der Waals surface area (Å²) in [5.74, 6) is -0.0444. The van der Waals surface area contributed by atoms with E-state index in [0.29, 0.717) is 22.2 Å². The summed E-state index contributed by atoms with van der Waals surface area (Å²) in [4.78, 5) is 14.7. The van der Waals surface area contributed by atoms with E-state index in [2.05, 4.69) is 13.8 Å². The van der Waals surface area contributed by atoms with E-state index in [4.69, 9.17) is 23.2 Å². The molecular weight excluding hydrogens is 309 g/mol. The Morgan fingerprint density at radius 1 is 1.29 bits per heavy atom. The molecule has 21 heavy (non-hydrogen) atoms. The fraction of sp³-hybridized carbons (Fsp3) is 0.562. The number of nitrogens with zero attached hydrogens (tertiary/aromatic N) is 1. The summed E-state index contributed by atoms with van der Waals surface area (Å²) in [5, 5.41) is 10.2. The number of carbonyl (C=O) groups is 1. The van der Waals surface area contributed by atoms with Gasteiger partial charge in [0.15, 0.2) is 5.78 Å². The molecular formula is C16H23Cl2NO2. The highest BCUT2D eigenvalue weighted by atomic mass is 35.5. The number of halogens is 2. The maximum atomic E-state index is 12.7. The zero-order valence-electron chi connectivity index (χ0n) is 12.8. The lowest BCUT2D eigenvalue weighted by Crippen LogP contribution is -2.46. The molecule has 0 spiro atoms. The van der Waals surface area contributed by atoms with E-state index < -0.39 is 0 Å².